The summed E-state index contributed by atoms with van der Waals surface area (Å²) in [4.78, 5) is 0.427. The van der Waals surface area contributed by atoms with Crippen LogP contribution in [-0.2, 0) is 16.6 Å². The first-order valence-electron chi connectivity index (χ1n) is 7.58. The predicted octanol–water partition coefficient (Wildman–Crippen LogP) is 2.83. The maximum atomic E-state index is 12.9. The molecule has 0 amide bonds. The second-order valence-electron chi connectivity index (χ2n) is 5.63. The highest BCUT2D eigenvalue weighted by Gasteiger charge is 2.27. The number of hydrogen-bond acceptors (Lipinski definition) is 3. The first-order valence-corrected chi connectivity index (χ1v) is 9.02. The normalized spacial score (nSPS) is 12.4. The van der Waals surface area contributed by atoms with E-state index in [1.165, 1.54) is 0 Å². The van der Waals surface area contributed by atoms with Gasteiger partial charge in [0.25, 0.3) is 0 Å². The molecule has 0 spiro atoms. The molecular formula is C16H28N2O2S. The van der Waals surface area contributed by atoms with Crippen molar-refractivity contribution in [1.82, 2.24) is 9.62 Å². The number of rotatable bonds is 7. The third-order valence-electron chi connectivity index (χ3n) is 3.67. The lowest BCUT2D eigenvalue weighted by atomic mass is 10.1. The van der Waals surface area contributed by atoms with Gasteiger partial charge >= 0.3 is 0 Å². The molecule has 1 N–H and O–H groups in total. The zero-order chi connectivity index (χ0) is 16.2. The Morgan fingerprint density at radius 1 is 1.14 bits per heavy atom. The van der Waals surface area contributed by atoms with E-state index in [0.29, 0.717) is 18.0 Å². The van der Waals surface area contributed by atoms with Gasteiger partial charge in [0, 0.05) is 19.1 Å². The van der Waals surface area contributed by atoms with Crippen LogP contribution >= 0.6 is 0 Å². The van der Waals surface area contributed by atoms with E-state index in [1.54, 1.807) is 4.31 Å². The summed E-state index contributed by atoms with van der Waals surface area (Å²) in [7, 11) is -3.44. The van der Waals surface area contributed by atoms with Crippen LogP contribution in [0.5, 0.6) is 0 Å². The van der Waals surface area contributed by atoms with Crippen LogP contribution in [0.15, 0.2) is 17.0 Å². The van der Waals surface area contributed by atoms with Gasteiger partial charge in [0.1, 0.15) is 0 Å². The fourth-order valence-corrected chi connectivity index (χ4v) is 4.45. The standard InChI is InChI=1S/C16H28N2O2S/c1-7-17-11-15-10-16(14(6)9-13(15)5)21(19,20)18(8-2)12(3)4/h9-10,12,17H,7-8,11H2,1-6H3. The van der Waals surface area contributed by atoms with Crippen LogP contribution in [0.25, 0.3) is 0 Å². The summed E-state index contributed by atoms with van der Waals surface area (Å²) in [5, 5.41) is 3.26. The van der Waals surface area contributed by atoms with Gasteiger partial charge in [-0.05, 0) is 57.0 Å². The minimum absolute atomic E-state index is 0.0436. The molecule has 1 aromatic rings. The summed E-state index contributed by atoms with van der Waals surface area (Å²) in [5.74, 6) is 0. The Kier molecular flexibility index (Phi) is 6.38. The van der Waals surface area contributed by atoms with Crippen molar-refractivity contribution in [3.05, 3.63) is 28.8 Å². The molecule has 1 aromatic carbocycles. The molecule has 0 saturated heterocycles. The van der Waals surface area contributed by atoms with Crippen molar-refractivity contribution in [3.63, 3.8) is 0 Å². The van der Waals surface area contributed by atoms with Crippen molar-refractivity contribution in [3.8, 4) is 0 Å². The van der Waals surface area contributed by atoms with E-state index in [9.17, 15) is 8.42 Å². The van der Waals surface area contributed by atoms with Crippen molar-refractivity contribution in [1.29, 1.82) is 0 Å². The Morgan fingerprint density at radius 2 is 1.76 bits per heavy atom. The summed E-state index contributed by atoms with van der Waals surface area (Å²) in [5.41, 5.74) is 2.98. The molecule has 0 heterocycles. The van der Waals surface area contributed by atoms with Gasteiger partial charge in [0.15, 0.2) is 0 Å². The van der Waals surface area contributed by atoms with Gasteiger partial charge in [-0.15, -0.1) is 0 Å². The zero-order valence-electron chi connectivity index (χ0n) is 14.0. The molecule has 21 heavy (non-hydrogen) atoms. The Morgan fingerprint density at radius 3 is 2.24 bits per heavy atom. The van der Waals surface area contributed by atoms with Crippen molar-refractivity contribution < 1.29 is 8.42 Å². The Bertz CT molecular complexity index is 580. The highest BCUT2D eigenvalue weighted by atomic mass is 32.2. The van der Waals surface area contributed by atoms with Gasteiger partial charge in [-0.2, -0.15) is 4.31 Å². The Balaban J connectivity index is 3.34. The third kappa shape index (κ3) is 4.05. The van der Waals surface area contributed by atoms with E-state index in [-0.39, 0.29) is 6.04 Å². The number of nitrogens with zero attached hydrogens (tertiary/aromatic N) is 1. The van der Waals surface area contributed by atoms with Crippen LogP contribution < -0.4 is 5.32 Å². The number of hydrogen-bond donors (Lipinski definition) is 1. The molecule has 0 unspecified atom stereocenters. The van der Waals surface area contributed by atoms with Gasteiger partial charge in [-0.1, -0.05) is 19.9 Å². The van der Waals surface area contributed by atoms with Gasteiger partial charge in [0.05, 0.1) is 4.90 Å². The lowest BCUT2D eigenvalue weighted by Gasteiger charge is -2.25. The van der Waals surface area contributed by atoms with E-state index >= 15 is 0 Å². The minimum atomic E-state index is -3.44. The molecule has 0 aliphatic heterocycles. The minimum Gasteiger partial charge on any atom is -0.313 e. The number of sulfonamides is 1. The summed E-state index contributed by atoms with van der Waals surface area (Å²) in [6.07, 6.45) is 0. The largest absolute Gasteiger partial charge is 0.313 e. The SMILES string of the molecule is CCNCc1cc(S(=O)(=O)N(CC)C(C)C)c(C)cc1C. The first kappa shape index (κ1) is 18.1. The van der Waals surface area contributed by atoms with E-state index < -0.39 is 10.0 Å². The van der Waals surface area contributed by atoms with Crippen LogP contribution in [0.2, 0.25) is 0 Å². The topological polar surface area (TPSA) is 49.4 Å². The first-order chi connectivity index (χ1) is 9.75. The fraction of sp³-hybridized carbons (Fsp3) is 0.625. The van der Waals surface area contributed by atoms with Gasteiger partial charge in [-0.25, -0.2) is 8.42 Å². The van der Waals surface area contributed by atoms with Crippen LogP contribution in [0.3, 0.4) is 0 Å². The van der Waals surface area contributed by atoms with Crippen molar-refractivity contribution >= 4 is 10.0 Å². The second kappa shape index (κ2) is 7.38. The van der Waals surface area contributed by atoms with Crippen molar-refractivity contribution in [2.24, 2.45) is 0 Å². The molecule has 4 nitrogen and oxygen atoms in total. The lowest BCUT2D eigenvalue weighted by Crippen LogP contribution is -2.37. The van der Waals surface area contributed by atoms with E-state index in [1.807, 2.05) is 53.7 Å². The predicted molar refractivity (Wildman–Crippen MR) is 88.0 cm³/mol. The summed E-state index contributed by atoms with van der Waals surface area (Å²) >= 11 is 0. The quantitative estimate of drug-likeness (QED) is 0.842. The average molecular weight is 312 g/mol. The molecule has 0 radical (unpaired) electrons. The Labute approximate surface area is 129 Å². The molecule has 0 atom stereocenters. The highest BCUT2D eigenvalue weighted by Crippen LogP contribution is 2.25. The number of nitrogens with one attached hydrogen (secondary N) is 1. The smallest absolute Gasteiger partial charge is 0.243 e. The second-order valence-corrected chi connectivity index (χ2v) is 7.49. The van der Waals surface area contributed by atoms with E-state index in [0.717, 1.165) is 23.2 Å². The molecule has 0 bridgehead atoms. The monoisotopic (exact) mass is 312 g/mol. The molecule has 5 heteroatoms. The Hall–Kier alpha value is -0.910. The maximum absolute atomic E-state index is 12.9. The summed E-state index contributed by atoms with van der Waals surface area (Å²) < 4.78 is 27.3. The molecule has 0 aliphatic carbocycles. The van der Waals surface area contributed by atoms with Crippen LogP contribution in [-0.4, -0.2) is 31.9 Å². The average Bonchev–Trinajstić information content (AvgIpc) is 2.37. The summed E-state index contributed by atoms with van der Waals surface area (Å²) in [6.45, 7) is 13.7. The number of aryl methyl sites for hydroxylation is 2. The van der Waals surface area contributed by atoms with Crippen molar-refractivity contribution in [2.45, 2.75) is 59.0 Å². The van der Waals surface area contributed by atoms with Gasteiger partial charge in [-0.3, -0.25) is 0 Å². The molecule has 0 saturated carbocycles. The third-order valence-corrected chi connectivity index (χ3v) is 5.97. The zero-order valence-corrected chi connectivity index (χ0v) is 14.8. The van der Waals surface area contributed by atoms with Crippen molar-refractivity contribution in [2.75, 3.05) is 13.1 Å². The van der Waals surface area contributed by atoms with Gasteiger partial charge in [0.2, 0.25) is 10.0 Å². The molecule has 0 aromatic heterocycles. The van der Waals surface area contributed by atoms with E-state index in [2.05, 4.69) is 5.32 Å². The maximum Gasteiger partial charge on any atom is 0.243 e. The van der Waals surface area contributed by atoms with Crippen LogP contribution in [0.4, 0.5) is 0 Å². The van der Waals surface area contributed by atoms with Crippen LogP contribution in [0.1, 0.15) is 44.4 Å². The molecule has 0 fully saturated rings. The molecule has 0 aliphatic rings. The molecule has 120 valence electrons. The molecular weight excluding hydrogens is 284 g/mol. The summed E-state index contributed by atoms with van der Waals surface area (Å²) in [6, 6.07) is 3.75. The fourth-order valence-electron chi connectivity index (χ4n) is 2.54. The lowest BCUT2D eigenvalue weighted by molar-refractivity contribution is 0.369. The van der Waals surface area contributed by atoms with Gasteiger partial charge < -0.3 is 5.32 Å². The van der Waals surface area contributed by atoms with E-state index in [4.69, 9.17) is 0 Å². The van der Waals surface area contributed by atoms with Crippen LogP contribution in [0, 0.1) is 13.8 Å². The highest BCUT2D eigenvalue weighted by molar-refractivity contribution is 7.89. The molecule has 1 rings (SSSR count). The number of benzene rings is 1.